The summed E-state index contributed by atoms with van der Waals surface area (Å²) in [5.41, 5.74) is 0. The van der Waals surface area contributed by atoms with E-state index >= 15 is 0 Å². The van der Waals surface area contributed by atoms with E-state index < -0.39 is 28.6 Å². The summed E-state index contributed by atoms with van der Waals surface area (Å²) in [7, 11) is -1.05. The van der Waals surface area contributed by atoms with E-state index in [1.165, 1.54) is 7.11 Å². The normalized spacial score (nSPS) is 13.5. The van der Waals surface area contributed by atoms with Crippen molar-refractivity contribution in [1.82, 2.24) is 4.72 Å². The quantitative estimate of drug-likeness (QED) is 0.504. The van der Waals surface area contributed by atoms with Gasteiger partial charge < -0.3 is 14.6 Å². The summed E-state index contributed by atoms with van der Waals surface area (Å²) >= 11 is 0. The average molecular weight is 241 g/mol. The van der Waals surface area contributed by atoms with Crippen molar-refractivity contribution < 1.29 is 27.8 Å². The van der Waals surface area contributed by atoms with Crippen molar-refractivity contribution >= 4 is 16.0 Å². The molecule has 0 aromatic rings. The van der Waals surface area contributed by atoms with Gasteiger partial charge in [0, 0.05) is 13.7 Å². The van der Waals surface area contributed by atoms with Gasteiger partial charge in [0.2, 0.25) is 10.0 Å². The standard InChI is InChI=1S/C7H15NO6S/c1-13-3-4-15(11,12)8-5-6(9)7(10)14-2/h6,8-9H,3-5H2,1-2H3. The zero-order chi connectivity index (χ0) is 11.9. The zero-order valence-corrected chi connectivity index (χ0v) is 9.41. The topological polar surface area (TPSA) is 102 Å². The molecule has 0 amide bonds. The first kappa shape index (κ1) is 14.3. The lowest BCUT2D eigenvalue weighted by Crippen LogP contribution is -2.38. The lowest BCUT2D eigenvalue weighted by Gasteiger charge is -2.09. The van der Waals surface area contributed by atoms with Gasteiger partial charge in [-0.2, -0.15) is 0 Å². The molecule has 15 heavy (non-hydrogen) atoms. The second-order valence-electron chi connectivity index (χ2n) is 2.70. The minimum Gasteiger partial charge on any atom is -0.467 e. The Morgan fingerprint density at radius 3 is 2.53 bits per heavy atom. The molecule has 0 bridgehead atoms. The molecule has 0 saturated carbocycles. The molecule has 0 aromatic carbocycles. The number of esters is 1. The minimum atomic E-state index is -3.52. The van der Waals surface area contributed by atoms with Crippen LogP contribution in [0.5, 0.6) is 0 Å². The number of hydrogen-bond acceptors (Lipinski definition) is 6. The number of aliphatic hydroxyl groups is 1. The smallest absolute Gasteiger partial charge is 0.336 e. The molecule has 0 aromatic heterocycles. The van der Waals surface area contributed by atoms with Crippen molar-refractivity contribution in [3.05, 3.63) is 0 Å². The number of aliphatic hydroxyl groups excluding tert-OH is 1. The second-order valence-corrected chi connectivity index (χ2v) is 4.63. The second kappa shape index (κ2) is 6.72. The van der Waals surface area contributed by atoms with Crippen LogP contribution in [0.4, 0.5) is 0 Å². The Labute approximate surface area is 88.4 Å². The van der Waals surface area contributed by atoms with Gasteiger partial charge >= 0.3 is 5.97 Å². The number of nitrogens with one attached hydrogen (secondary N) is 1. The third kappa shape index (κ3) is 6.39. The van der Waals surface area contributed by atoms with Crippen LogP contribution in [0.15, 0.2) is 0 Å². The maximum atomic E-state index is 11.2. The van der Waals surface area contributed by atoms with Crippen LogP contribution in [-0.4, -0.2) is 58.7 Å². The molecule has 0 heterocycles. The molecule has 0 aliphatic carbocycles. The number of sulfonamides is 1. The fraction of sp³-hybridized carbons (Fsp3) is 0.857. The highest BCUT2D eigenvalue weighted by Crippen LogP contribution is 1.89. The molecule has 0 radical (unpaired) electrons. The maximum absolute atomic E-state index is 11.2. The van der Waals surface area contributed by atoms with E-state index in [-0.39, 0.29) is 12.4 Å². The summed E-state index contributed by atoms with van der Waals surface area (Å²) in [6.07, 6.45) is -1.49. The molecule has 0 spiro atoms. The highest BCUT2D eigenvalue weighted by molar-refractivity contribution is 7.89. The zero-order valence-electron chi connectivity index (χ0n) is 8.60. The number of methoxy groups -OCH3 is 2. The third-order valence-corrected chi connectivity index (χ3v) is 2.84. The van der Waals surface area contributed by atoms with Crippen molar-refractivity contribution in [3.8, 4) is 0 Å². The number of carbonyl (C=O) groups is 1. The van der Waals surface area contributed by atoms with Gasteiger partial charge in [0.25, 0.3) is 0 Å². The monoisotopic (exact) mass is 241 g/mol. The summed E-state index contributed by atoms with van der Waals surface area (Å²) in [4.78, 5) is 10.7. The molecule has 0 fully saturated rings. The van der Waals surface area contributed by atoms with Crippen LogP contribution in [0.1, 0.15) is 0 Å². The molecule has 7 nitrogen and oxygen atoms in total. The van der Waals surface area contributed by atoms with Crippen molar-refractivity contribution in [1.29, 1.82) is 0 Å². The predicted octanol–water partition coefficient (Wildman–Crippen LogP) is -1.91. The van der Waals surface area contributed by atoms with Crippen molar-refractivity contribution in [2.45, 2.75) is 6.10 Å². The summed E-state index contributed by atoms with van der Waals surface area (Å²) in [6, 6.07) is 0. The van der Waals surface area contributed by atoms with Crippen molar-refractivity contribution in [2.75, 3.05) is 33.1 Å². The molecular weight excluding hydrogens is 226 g/mol. The van der Waals surface area contributed by atoms with Gasteiger partial charge in [-0.05, 0) is 0 Å². The first-order chi connectivity index (χ1) is 6.93. The maximum Gasteiger partial charge on any atom is 0.336 e. The van der Waals surface area contributed by atoms with E-state index in [1.807, 2.05) is 0 Å². The van der Waals surface area contributed by atoms with Gasteiger partial charge in [-0.3, -0.25) is 0 Å². The molecule has 90 valence electrons. The first-order valence-electron chi connectivity index (χ1n) is 4.15. The summed E-state index contributed by atoms with van der Waals surface area (Å²) in [5, 5.41) is 9.07. The van der Waals surface area contributed by atoms with E-state index in [0.717, 1.165) is 7.11 Å². The Hall–Kier alpha value is -0.700. The highest BCUT2D eigenvalue weighted by Gasteiger charge is 2.18. The molecule has 2 N–H and O–H groups in total. The first-order valence-corrected chi connectivity index (χ1v) is 5.80. The molecular formula is C7H15NO6S. The van der Waals surface area contributed by atoms with E-state index in [4.69, 9.17) is 5.11 Å². The van der Waals surface area contributed by atoms with Crippen LogP contribution in [0.25, 0.3) is 0 Å². The van der Waals surface area contributed by atoms with E-state index in [0.29, 0.717) is 0 Å². The Bertz CT molecular complexity index is 288. The van der Waals surface area contributed by atoms with Crippen LogP contribution in [0, 0.1) is 0 Å². The fourth-order valence-electron chi connectivity index (χ4n) is 0.690. The SMILES string of the molecule is COCCS(=O)(=O)NCC(O)C(=O)OC. The molecule has 0 rings (SSSR count). The van der Waals surface area contributed by atoms with Gasteiger partial charge in [0.1, 0.15) is 0 Å². The van der Waals surface area contributed by atoms with E-state index in [1.54, 1.807) is 0 Å². The number of ether oxygens (including phenoxy) is 2. The molecule has 1 atom stereocenters. The fourth-order valence-corrected chi connectivity index (χ4v) is 1.63. The van der Waals surface area contributed by atoms with Gasteiger partial charge in [0.15, 0.2) is 6.10 Å². The third-order valence-electron chi connectivity index (χ3n) is 1.53. The Morgan fingerprint density at radius 2 is 2.07 bits per heavy atom. The van der Waals surface area contributed by atoms with Crippen molar-refractivity contribution in [2.24, 2.45) is 0 Å². The van der Waals surface area contributed by atoms with Crippen LogP contribution in [-0.2, 0) is 24.3 Å². The predicted molar refractivity (Wildman–Crippen MR) is 51.7 cm³/mol. The van der Waals surface area contributed by atoms with Gasteiger partial charge in [0.05, 0.1) is 19.5 Å². The highest BCUT2D eigenvalue weighted by atomic mass is 32.2. The van der Waals surface area contributed by atoms with Gasteiger partial charge in [-0.1, -0.05) is 0 Å². The minimum absolute atomic E-state index is 0.0453. The number of rotatable bonds is 7. The molecule has 1 unspecified atom stereocenters. The molecule has 8 heteroatoms. The summed E-state index contributed by atoms with van der Waals surface area (Å²) in [6.45, 7) is -0.359. The van der Waals surface area contributed by atoms with Crippen molar-refractivity contribution in [3.63, 3.8) is 0 Å². The summed E-state index contributed by atoms with van der Waals surface area (Å²) in [5.74, 6) is -1.11. The van der Waals surface area contributed by atoms with Crippen LogP contribution >= 0.6 is 0 Å². The van der Waals surface area contributed by atoms with Crippen LogP contribution in [0.3, 0.4) is 0 Å². The number of carbonyl (C=O) groups excluding carboxylic acids is 1. The molecule has 0 aliphatic heterocycles. The van der Waals surface area contributed by atoms with Crippen LogP contribution < -0.4 is 4.72 Å². The van der Waals surface area contributed by atoms with Crippen LogP contribution in [0.2, 0.25) is 0 Å². The Kier molecular flexibility index (Phi) is 6.41. The molecule has 0 aliphatic rings. The average Bonchev–Trinajstić information content (AvgIpc) is 2.22. The largest absolute Gasteiger partial charge is 0.467 e. The lowest BCUT2D eigenvalue weighted by atomic mass is 10.4. The lowest BCUT2D eigenvalue weighted by molar-refractivity contribution is -0.149. The summed E-state index contributed by atoms with van der Waals surface area (Å²) < 4.78 is 33.1. The van der Waals surface area contributed by atoms with Gasteiger partial charge in [-0.15, -0.1) is 0 Å². The van der Waals surface area contributed by atoms with E-state index in [2.05, 4.69) is 14.2 Å². The molecule has 0 saturated heterocycles. The van der Waals surface area contributed by atoms with E-state index in [9.17, 15) is 13.2 Å². The Morgan fingerprint density at radius 1 is 1.47 bits per heavy atom. The number of hydrogen-bond donors (Lipinski definition) is 2. The Balaban J connectivity index is 3.98. The van der Waals surface area contributed by atoms with Gasteiger partial charge in [-0.25, -0.2) is 17.9 Å².